The van der Waals surface area contributed by atoms with Crippen molar-refractivity contribution in [3.63, 3.8) is 0 Å². The summed E-state index contributed by atoms with van der Waals surface area (Å²) in [6, 6.07) is 13.8. The van der Waals surface area contributed by atoms with Crippen molar-refractivity contribution in [1.82, 2.24) is 4.90 Å². The van der Waals surface area contributed by atoms with Gasteiger partial charge in [-0.2, -0.15) is 0 Å². The molecular formula is C24H25FN4O2S. The van der Waals surface area contributed by atoms with Crippen LogP contribution in [0.25, 0.3) is 11.1 Å². The minimum atomic E-state index is -0.592. The van der Waals surface area contributed by atoms with E-state index in [0.29, 0.717) is 22.7 Å². The van der Waals surface area contributed by atoms with Gasteiger partial charge in [0.2, 0.25) is 0 Å². The predicted octanol–water partition coefficient (Wildman–Crippen LogP) is 3.83. The fourth-order valence-electron chi connectivity index (χ4n) is 3.92. The molecule has 0 spiro atoms. The average molecular weight is 453 g/mol. The molecular weight excluding hydrogens is 427 g/mol. The lowest BCUT2D eigenvalue weighted by Gasteiger charge is -2.30. The van der Waals surface area contributed by atoms with Crippen LogP contribution in [-0.2, 0) is 6.54 Å². The molecule has 1 aliphatic heterocycles. The topological polar surface area (TPSA) is 101 Å². The number of anilines is 1. The summed E-state index contributed by atoms with van der Waals surface area (Å²) in [5.74, 6) is -1.19. The molecule has 0 aliphatic carbocycles. The van der Waals surface area contributed by atoms with E-state index >= 15 is 0 Å². The van der Waals surface area contributed by atoms with Crippen LogP contribution in [0.1, 0.15) is 39.1 Å². The number of benzene rings is 2. The van der Waals surface area contributed by atoms with Crippen LogP contribution in [-0.4, -0.2) is 35.8 Å². The number of hydrogen-bond donors (Lipinski definition) is 3. The number of rotatable bonds is 6. The Balaban J connectivity index is 1.44. The number of halogens is 1. The van der Waals surface area contributed by atoms with Crippen molar-refractivity contribution < 1.29 is 14.0 Å². The third kappa shape index (κ3) is 5.04. The normalized spacial score (nSPS) is 16.6. The van der Waals surface area contributed by atoms with Gasteiger partial charge in [-0.25, -0.2) is 4.39 Å². The molecule has 8 heteroatoms. The highest BCUT2D eigenvalue weighted by Gasteiger charge is 2.18. The van der Waals surface area contributed by atoms with Gasteiger partial charge in [-0.15, -0.1) is 11.3 Å². The van der Waals surface area contributed by atoms with Gasteiger partial charge in [-0.05, 0) is 60.2 Å². The molecule has 1 aromatic heterocycles. The number of piperidine rings is 1. The zero-order valence-electron chi connectivity index (χ0n) is 17.5. The number of hydrogen-bond acceptors (Lipinski definition) is 5. The first-order valence-corrected chi connectivity index (χ1v) is 11.3. The second-order valence-electron chi connectivity index (χ2n) is 8.00. The maximum Gasteiger partial charge on any atom is 0.256 e. The monoisotopic (exact) mass is 452 g/mol. The number of amides is 2. The molecule has 1 aliphatic rings. The van der Waals surface area contributed by atoms with Gasteiger partial charge in [0.15, 0.2) is 0 Å². The highest BCUT2D eigenvalue weighted by molar-refractivity contribution is 7.14. The van der Waals surface area contributed by atoms with Gasteiger partial charge in [0.1, 0.15) is 10.8 Å². The highest BCUT2D eigenvalue weighted by atomic mass is 32.1. The molecule has 0 bridgehead atoms. The molecule has 5 N–H and O–H groups in total. The Labute approximate surface area is 190 Å². The summed E-state index contributed by atoms with van der Waals surface area (Å²) in [5.41, 5.74) is 14.2. The van der Waals surface area contributed by atoms with Gasteiger partial charge in [0.05, 0.1) is 5.56 Å². The van der Waals surface area contributed by atoms with Crippen molar-refractivity contribution in [1.29, 1.82) is 0 Å². The van der Waals surface area contributed by atoms with E-state index in [4.69, 9.17) is 11.5 Å². The highest BCUT2D eigenvalue weighted by Crippen LogP contribution is 2.26. The number of nitrogens with one attached hydrogen (secondary N) is 1. The van der Waals surface area contributed by atoms with Gasteiger partial charge in [0, 0.05) is 30.3 Å². The van der Waals surface area contributed by atoms with Crippen molar-refractivity contribution in [3.05, 3.63) is 76.4 Å². The molecule has 0 saturated carbocycles. The smallest absolute Gasteiger partial charge is 0.256 e. The van der Waals surface area contributed by atoms with Gasteiger partial charge in [-0.3, -0.25) is 14.5 Å². The number of likely N-dealkylation sites (tertiary alicyclic amines) is 1. The lowest BCUT2D eigenvalue weighted by molar-refractivity contribution is 0.100. The van der Waals surface area contributed by atoms with Crippen LogP contribution in [0.2, 0.25) is 0 Å². The summed E-state index contributed by atoms with van der Waals surface area (Å²) in [6.07, 6.45) is 2.06. The number of primary amides is 1. The third-order valence-corrected chi connectivity index (χ3v) is 6.46. The Hall–Kier alpha value is -3.07. The minimum Gasteiger partial charge on any atom is -0.366 e. The fourth-order valence-corrected chi connectivity index (χ4v) is 4.71. The maximum absolute atomic E-state index is 14.8. The van der Waals surface area contributed by atoms with E-state index in [1.807, 2.05) is 12.1 Å². The second-order valence-corrected chi connectivity index (χ2v) is 8.92. The molecule has 6 nitrogen and oxygen atoms in total. The van der Waals surface area contributed by atoms with Gasteiger partial charge in [-0.1, -0.05) is 24.3 Å². The van der Waals surface area contributed by atoms with E-state index in [1.165, 1.54) is 17.4 Å². The number of thiophene rings is 1. The minimum absolute atomic E-state index is 0.156. The SMILES string of the molecule is NC(=O)c1ccsc1NC(=O)c1ccc(-c2ccc(CN3CCC[C@@H](N)C3)c(F)c2)cc1. The number of carbonyl (C=O) groups is 2. The third-order valence-electron chi connectivity index (χ3n) is 5.63. The molecule has 4 rings (SSSR count). The summed E-state index contributed by atoms with van der Waals surface area (Å²) in [4.78, 5) is 26.1. The van der Waals surface area contributed by atoms with Crippen LogP contribution in [0.4, 0.5) is 9.39 Å². The number of nitrogens with zero attached hydrogens (tertiary/aromatic N) is 1. The lowest BCUT2D eigenvalue weighted by Crippen LogP contribution is -2.42. The zero-order chi connectivity index (χ0) is 22.7. The molecule has 1 fully saturated rings. The van der Waals surface area contributed by atoms with Gasteiger partial charge in [0.25, 0.3) is 11.8 Å². The van der Waals surface area contributed by atoms with Crippen molar-refractivity contribution in [2.45, 2.75) is 25.4 Å². The lowest BCUT2D eigenvalue weighted by atomic mass is 10.0. The fraction of sp³-hybridized carbons (Fsp3) is 0.250. The molecule has 2 heterocycles. The second kappa shape index (κ2) is 9.60. The molecule has 3 aromatic rings. The standard InChI is InChI=1S/C24H25FN4O2S/c25-21-12-17(7-8-18(21)13-29-10-1-2-19(26)14-29)15-3-5-16(6-4-15)23(31)28-24-20(22(27)30)9-11-32-24/h3-9,11-12,19H,1-2,10,13-14,26H2,(H2,27,30)(H,28,31)/t19-/m1/s1. The first-order valence-electron chi connectivity index (χ1n) is 10.5. The van der Waals surface area contributed by atoms with Crippen LogP contribution in [0.3, 0.4) is 0 Å². The first-order chi connectivity index (χ1) is 15.4. The molecule has 166 valence electrons. The van der Waals surface area contributed by atoms with Crippen LogP contribution >= 0.6 is 11.3 Å². The Morgan fingerprint density at radius 2 is 1.88 bits per heavy atom. The first kappa shape index (κ1) is 22.1. The van der Waals surface area contributed by atoms with Crippen molar-refractivity contribution in [2.75, 3.05) is 18.4 Å². The largest absolute Gasteiger partial charge is 0.366 e. The summed E-state index contributed by atoms with van der Waals surface area (Å²) in [6.45, 7) is 2.27. The van der Waals surface area contributed by atoms with Crippen molar-refractivity contribution in [2.24, 2.45) is 11.5 Å². The number of carbonyl (C=O) groups excluding carboxylic acids is 2. The van der Waals surface area contributed by atoms with Crippen molar-refractivity contribution in [3.8, 4) is 11.1 Å². The van der Waals surface area contributed by atoms with E-state index in [2.05, 4.69) is 10.2 Å². The summed E-state index contributed by atoms with van der Waals surface area (Å²) in [7, 11) is 0. The van der Waals surface area contributed by atoms with E-state index in [-0.39, 0.29) is 23.3 Å². The predicted molar refractivity (Wildman–Crippen MR) is 125 cm³/mol. The van der Waals surface area contributed by atoms with Crippen LogP contribution < -0.4 is 16.8 Å². The Bertz CT molecular complexity index is 1130. The van der Waals surface area contributed by atoms with Crippen LogP contribution in [0.5, 0.6) is 0 Å². The maximum atomic E-state index is 14.8. The zero-order valence-corrected chi connectivity index (χ0v) is 18.3. The van der Waals surface area contributed by atoms with Crippen LogP contribution in [0, 0.1) is 5.82 Å². The molecule has 0 radical (unpaired) electrons. The summed E-state index contributed by atoms with van der Waals surface area (Å²) in [5, 5.41) is 4.82. The summed E-state index contributed by atoms with van der Waals surface area (Å²) >= 11 is 1.23. The Morgan fingerprint density at radius 3 is 2.56 bits per heavy atom. The molecule has 2 amide bonds. The molecule has 1 atom stereocenters. The van der Waals surface area contributed by atoms with Crippen molar-refractivity contribution >= 4 is 28.2 Å². The van der Waals surface area contributed by atoms with Crippen LogP contribution in [0.15, 0.2) is 53.9 Å². The molecule has 2 aromatic carbocycles. The Kier molecular flexibility index (Phi) is 6.64. The number of nitrogens with two attached hydrogens (primary N) is 2. The molecule has 0 unspecified atom stereocenters. The van der Waals surface area contributed by atoms with E-state index < -0.39 is 5.91 Å². The van der Waals surface area contributed by atoms with E-state index in [0.717, 1.165) is 37.1 Å². The average Bonchev–Trinajstić information content (AvgIpc) is 3.24. The van der Waals surface area contributed by atoms with E-state index in [1.54, 1.807) is 35.7 Å². The molecule has 1 saturated heterocycles. The molecule has 32 heavy (non-hydrogen) atoms. The van der Waals surface area contributed by atoms with E-state index in [9.17, 15) is 14.0 Å². The Morgan fingerprint density at radius 1 is 1.12 bits per heavy atom. The van der Waals surface area contributed by atoms with Gasteiger partial charge >= 0.3 is 0 Å². The van der Waals surface area contributed by atoms with Gasteiger partial charge < -0.3 is 16.8 Å². The quantitative estimate of drug-likeness (QED) is 0.529. The summed E-state index contributed by atoms with van der Waals surface area (Å²) < 4.78 is 14.8.